The molecule has 1 heterocycles. The molecule has 0 bridgehead atoms. The number of ether oxygens (including phenoxy) is 4. The van der Waals surface area contributed by atoms with Gasteiger partial charge in [0.1, 0.15) is 12.2 Å². The molecule has 9 atom stereocenters. The lowest BCUT2D eigenvalue weighted by Crippen LogP contribution is -2.68. The predicted octanol–water partition coefficient (Wildman–Crippen LogP) is 6.15. The van der Waals surface area contributed by atoms with Crippen LogP contribution in [0.25, 0.3) is 0 Å². The molecule has 2 aliphatic carbocycles. The third kappa shape index (κ3) is 7.03. The van der Waals surface area contributed by atoms with Crippen LogP contribution in [0.5, 0.6) is 0 Å². The van der Waals surface area contributed by atoms with E-state index < -0.39 is 47.7 Å². The van der Waals surface area contributed by atoms with Crippen molar-refractivity contribution in [2.75, 3.05) is 6.61 Å². The highest BCUT2D eigenvalue weighted by molar-refractivity contribution is 5.69. The standard InChI is InChI=1S/C34H54O8/c1-8-11-12-13-14-15-16-17-28(37)41-29-23(5)33(7,19-18-22(4)9-2)27-21-25(36)20-26-31(39-10-3)42-32(40-24(6)35)34(26,27)30(29)38/h9,18,20,23,25,27,29-32,36,38H,2,8,10-17,19,21H2,1,3-7H3/b22-18+/t23-,25+,27+,29-,30+,31-,32-,33-,34-/m1/s1. The Morgan fingerprint density at radius 1 is 1.10 bits per heavy atom. The van der Waals surface area contributed by atoms with Gasteiger partial charge in [-0.3, -0.25) is 9.59 Å². The third-order valence-corrected chi connectivity index (χ3v) is 9.98. The van der Waals surface area contributed by atoms with E-state index in [0.717, 1.165) is 24.8 Å². The molecule has 3 aliphatic rings. The Morgan fingerprint density at radius 3 is 2.38 bits per heavy atom. The van der Waals surface area contributed by atoms with Crippen molar-refractivity contribution in [2.45, 2.75) is 137 Å². The van der Waals surface area contributed by atoms with E-state index in [-0.39, 0.29) is 24.2 Å². The molecule has 0 aromatic heterocycles. The van der Waals surface area contributed by atoms with E-state index >= 15 is 0 Å². The molecule has 8 nitrogen and oxygen atoms in total. The van der Waals surface area contributed by atoms with E-state index in [0.29, 0.717) is 25.0 Å². The van der Waals surface area contributed by atoms with Crippen molar-refractivity contribution in [1.29, 1.82) is 0 Å². The van der Waals surface area contributed by atoms with E-state index in [4.69, 9.17) is 18.9 Å². The molecule has 1 saturated carbocycles. The number of hydrogen-bond acceptors (Lipinski definition) is 8. The molecule has 0 aromatic carbocycles. The minimum absolute atomic E-state index is 0.277. The van der Waals surface area contributed by atoms with Crippen LogP contribution >= 0.6 is 0 Å². The van der Waals surface area contributed by atoms with Gasteiger partial charge in [-0.2, -0.15) is 0 Å². The number of allylic oxidation sites excluding steroid dienone is 3. The Bertz CT molecular complexity index is 1000. The van der Waals surface area contributed by atoms with E-state index in [2.05, 4.69) is 26.5 Å². The van der Waals surface area contributed by atoms with Crippen molar-refractivity contribution in [3.8, 4) is 0 Å². The molecule has 1 saturated heterocycles. The number of hydrogen-bond donors (Lipinski definition) is 2. The molecule has 0 aromatic rings. The number of esters is 2. The molecule has 0 unspecified atom stereocenters. The van der Waals surface area contributed by atoms with Crippen LogP contribution in [0.1, 0.15) is 106 Å². The average Bonchev–Trinajstić information content (AvgIpc) is 3.24. The van der Waals surface area contributed by atoms with Crippen molar-refractivity contribution in [2.24, 2.45) is 22.7 Å². The number of aliphatic hydroxyl groups is 2. The van der Waals surface area contributed by atoms with Crippen LogP contribution < -0.4 is 0 Å². The fourth-order valence-electron chi connectivity index (χ4n) is 7.46. The van der Waals surface area contributed by atoms with Gasteiger partial charge in [-0.15, -0.1) is 0 Å². The molecule has 1 aliphatic heterocycles. The minimum atomic E-state index is -1.27. The number of carbonyl (C=O) groups excluding carboxylic acids is 2. The molecule has 2 fully saturated rings. The lowest BCUT2D eigenvalue weighted by molar-refractivity contribution is -0.277. The number of carbonyl (C=O) groups is 2. The zero-order chi connectivity index (χ0) is 31.1. The van der Waals surface area contributed by atoms with Gasteiger partial charge in [-0.25, -0.2) is 0 Å². The smallest absolute Gasteiger partial charge is 0.306 e. The number of unbranched alkanes of at least 4 members (excludes halogenated alkanes) is 6. The SMILES string of the molecule is C=C/C(C)=C/C[C@]1(C)[C@H](C)[C@@H](OC(=O)CCCCCCCCC)[C@H](O)[C@@]23C(=C[C@H](O)C[C@@H]12)[C@H](OCC)O[C@H]3OC(C)=O. The van der Waals surface area contributed by atoms with Crippen LogP contribution in [0.3, 0.4) is 0 Å². The zero-order valence-corrected chi connectivity index (χ0v) is 26.6. The molecule has 3 rings (SSSR count). The molecule has 2 N–H and O–H groups in total. The first kappa shape index (κ1) is 34.5. The van der Waals surface area contributed by atoms with Crippen LogP contribution in [0, 0.1) is 22.7 Å². The fourth-order valence-corrected chi connectivity index (χ4v) is 7.46. The Labute approximate surface area is 252 Å². The first-order chi connectivity index (χ1) is 20.0. The molecular formula is C34H54O8. The van der Waals surface area contributed by atoms with Crippen molar-refractivity contribution in [1.82, 2.24) is 0 Å². The van der Waals surface area contributed by atoms with Gasteiger partial charge in [-0.1, -0.05) is 89.7 Å². The summed E-state index contributed by atoms with van der Waals surface area (Å²) in [6, 6.07) is 0. The van der Waals surface area contributed by atoms with Gasteiger partial charge in [0.15, 0.2) is 6.29 Å². The van der Waals surface area contributed by atoms with Crippen molar-refractivity contribution in [3.05, 3.63) is 36.0 Å². The Morgan fingerprint density at radius 2 is 1.76 bits per heavy atom. The summed E-state index contributed by atoms with van der Waals surface area (Å²) >= 11 is 0. The predicted molar refractivity (Wildman–Crippen MR) is 161 cm³/mol. The Kier molecular flexibility index (Phi) is 12.4. The highest BCUT2D eigenvalue weighted by Gasteiger charge is 2.73. The van der Waals surface area contributed by atoms with Gasteiger partial charge in [0, 0.05) is 25.9 Å². The summed E-state index contributed by atoms with van der Waals surface area (Å²) in [5.41, 5.74) is -0.319. The summed E-state index contributed by atoms with van der Waals surface area (Å²) in [6.07, 6.45) is 9.27. The average molecular weight is 591 g/mol. The van der Waals surface area contributed by atoms with Crippen LogP contribution in [0.15, 0.2) is 36.0 Å². The quantitative estimate of drug-likeness (QED) is 0.101. The second kappa shape index (κ2) is 15.1. The largest absolute Gasteiger partial charge is 0.459 e. The number of aliphatic hydroxyl groups excluding tert-OH is 2. The lowest BCUT2D eigenvalue weighted by atomic mass is 9.44. The van der Waals surface area contributed by atoms with E-state index in [1.807, 2.05) is 20.8 Å². The maximum atomic E-state index is 13.2. The monoisotopic (exact) mass is 590 g/mol. The zero-order valence-electron chi connectivity index (χ0n) is 26.6. The minimum Gasteiger partial charge on any atom is -0.459 e. The number of rotatable bonds is 15. The van der Waals surface area contributed by atoms with Crippen molar-refractivity contribution in [3.63, 3.8) is 0 Å². The van der Waals surface area contributed by atoms with Gasteiger partial charge < -0.3 is 29.2 Å². The maximum Gasteiger partial charge on any atom is 0.306 e. The van der Waals surface area contributed by atoms with Crippen LogP contribution in [-0.2, 0) is 28.5 Å². The molecule has 238 valence electrons. The molecular weight excluding hydrogens is 536 g/mol. The molecule has 42 heavy (non-hydrogen) atoms. The van der Waals surface area contributed by atoms with Crippen LogP contribution in [0.2, 0.25) is 0 Å². The summed E-state index contributed by atoms with van der Waals surface area (Å²) in [6.45, 7) is 15.6. The molecule has 8 heteroatoms. The summed E-state index contributed by atoms with van der Waals surface area (Å²) in [4.78, 5) is 25.6. The van der Waals surface area contributed by atoms with Gasteiger partial charge in [0.05, 0.1) is 11.5 Å². The maximum absolute atomic E-state index is 13.2. The third-order valence-electron chi connectivity index (χ3n) is 9.98. The molecule has 1 spiro atoms. The summed E-state index contributed by atoms with van der Waals surface area (Å²) in [5.74, 6) is -1.57. The second-order valence-electron chi connectivity index (χ2n) is 12.7. The lowest BCUT2D eigenvalue weighted by Gasteiger charge is -2.62. The highest BCUT2D eigenvalue weighted by Crippen LogP contribution is 2.67. The second-order valence-corrected chi connectivity index (χ2v) is 12.7. The summed E-state index contributed by atoms with van der Waals surface area (Å²) in [7, 11) is 0. The summed E-state index contributed by atoms with van der Waals surface area (Å²) in [5, 5.41) is 23.4. The normalized spacial score (nSPS) is 36.0. The summed E-state index contributed by atoms with van der Waals surface area (Å²) < 4.78 is 24.1. The van der Waals surface area contributed by atoms with Gasteiger partial charge in [0.25, 0.3) is 0 Å². The van der Waals surface area contributed by atoms with Gasteiger partial charge in [0.2, 0.25) is 6.29 Å². The first-order valence-electron chi connectivity index (χ1n) is 16.0. The highest BCUT2D eigenvalue weighted by atomic mass is 16.8. The Hall–Kier alpha value is -2.00. The topological polar surface area (TPSA) is 112 Å². The fraction of sp³-hybridized carbons (Fsp3) is 0.765. The van der Waals surface area contributed by atoms with Crippen molar-refractivity contribution < 1.29 is 38.7 Å². The molecule has 0 amide bonds. The molecule has 0 radical (unpaired) electrons. The van der Waals surface area contributed by atoms with Crippen molar-refractivity contribution >= 4 is 11.9 Å². The van der Waals surface area contributed by atoms with Gasteiger partial charge in [-0.05, 0) is 50.0 Å². The van der Waals surface area contributed by atoms with Crippen LogP contribution in [-0.4, -0.2) is 59.7 Å². The van der Waals surface area contributed by atoms with E-state index in [1.54, 1.807) is 12.2 Å². The first-order valence-corrected chi connectivity index (χ1v) is 16.0. The van der Waals surface area contributed by atoms with E-state index in [9.17, 15) is 19.8 Å². The van der Waals surface area contributed by atoms with Gasteiger partial charge >= 0.3 is 11.9 Å². The Balaban J connectivity index is 2.01. The van der Waals surface area contributed by atoms with Crippen LogP contribution in [0.4, 0.5) is 0 Å². The van der Waals surface area contributed by atoms with E-state index in [1.165, 1.54) is 32.6 Å².